The van der Waals surface area contributed by atoms with Crippen LogP contribution in [0.2, 0.25) is 0 Å². The van der Waals surface area contributed by atoms with Crippen LogP contribution >= 0.6 is 0 Å². The van der Waals surface area contributed by atoms with Crippen molar-refractivity contribution in [2.75, 3.05) is 6.54 Å². The Morgan fingerprint density at radius 1 is 1.24 bits per heavy atom. The minimum Gasteiger partial charge on any atom is -0.392 e. The van der Waals surface area contributed by atoms with Crippen LogP contribution in [0.3, 0.4) is 0 Å². The lowest BCUT2D eigenvalue weighted by Gasteiger charge is -2.31. The molecule has 1 aromatic carbocycles. The minimum atomic E-state index is -3.39. The zero-order valence-corrected chi connectivity index (χ0v) is 13.8. The Hall–Kier alpha value is -0.910. The van der Waals surface area contributed by atoms with Crippen LogP contribution < -0.4 is 0 Å². The van der Waals surface area contributed by atoms with Gasteiger partial charge in [-0.15, -0.1) is 0 Å². The standard InChI is InChI=1S/C16H25NO3S/c1-16(2,3)21(19,20)17-12-15(18)11-14(17)10-9-13-7-5-4-6-8-13/h4-8,14-15,18H,9-12H2,1-3H3/t14-,15-/m1/s1. The summed E-state index contributed by atoms with van der Waals surface area (Å²) in [6.07, 6.45) is 1.55. The molecule has 1 N–H and O–H groups in total. The summed E-state index contributed by atoms with van der Waals surface area (Å²) in [6, 6.07) is 9.94. The Morgan fingerprint density at radius 2 is 1.86 bits per heavy atom. The van der Waals surface area contributed by atoms with Crippen LogP contribution in [-0.4, -0.2) is 41.3 Å². The molecule has 0 spiro atoms. The summed E-state index contributed by atoms with van der Waals surface area (Å²) < 4.78 is 26.0. The molecule has 1 aromatic rings. The van der Waals surface area contributed by atoms with Crippen LogP contribution in [0.15, 0.2) is 30.3 Å². The number of hydrogen-bond donors (Lipinski definition) is 1. The fourth-order valence-electron chi connectivity index (χ4n) is 2.75. The van der Waals surface area contributed by atoms with Gasteiger partial charge in [-0.1, -0.05) is 30.3 Å². The zero-order valence-electron chi connectivity index (χ0n) is 13.0. The largest absolute Gasteiger partial charge is 0.392 e. The van der Waals surface area contributed by atoms with Gasteiger partial charge >= 0.3 is 0 Å². The first kappa shape index (κ1) is 16.5. The first-order chi connectivity index (χ1) is 9.72. The highest BCUT2D eigenvalue weighted by Gasteiger charge is 2.43. The smallest absolute Gasteiger partial charge is 0.219 e. The molecule has 0 saturated carbocycles. The third-order valence-corrected chi connectivity index (χ3v) is 6.65. The summed E-state index contributed by atoms with van der Waals surface area (Å²) >= 11 is 0. The SMILES string of the molecule is CC(C)(C)S(=O)(=O)N1C[C@H](O)C[C@H]1CCc1ccccc1. The molecule has 0 unspecified atom stereocenters. The second-order valence-electron chi connectivity index (χ2n) is 6.75. The Morgan fingerprint density at radius 3 is 2.43 bits per heavy atom. The normalized spacial score (nSPS) is 24.4. The highest BCUT2D eigenvalue weighted by Crippen LogP contribution is 2.31. The van der Waals surface area contributed by atoms with Crippen LogP contribution in [0.1, 0.15) is 39.2 Å². The van der Waals surface area contributed by atoms with Gasteiger partial charge < -0.3 is 5.11 Å². The molecule has 0 bridgehead atoms. The predicted octanol–water partition coefficient (Wildman–Crippen LogP) is 2.18. The molecule has 21 heavy (non-hydrogen) atoms. The molecule has 0 aliphatic carbocycles. The number of aliphatic hydroxyl groups excluding tert-OH is 1. The summed E-state index contributed by atoms with van der Waals surface area (Å²) in [7, 11) is -3.39. The second kappa shape index (κ2) is 6.07. The van der Waals surface area contributed by atoms with Crippen molar-refractivity contribution in [1.29, 1.82) is 0 Å². The fraction of sp³-hybridized carbons (Fsp3) is 0.625. The van der Waals surface area contributed by atoms with Gasteiger partial charge in [0.15, 0.2) is 0 Å². The van der Waals surface area contributed by atoms with Crippen LogP contribution in [0.4, 0.5) is 0 Å². The van der Waals surface area contributed by atoms with Crippen molar-refractivity contribution in [2.24, 2.45) is 0 Å². The molecular formula is C16H25NO3S. The molecule has 2 rings (SSSR count). The van der Waals surface area contributed by atoms with E-state index in [0.29, 0.717) is 6.42 Å². The average Bonchev–Trinajstić information content (AvgIpc) is 2.78. The third-order valence-electron chi connectivity index (χ3n) is 4.03. The van der Waals surface area contributed by atoms with E-state index in [1.807, 2.05) is 30.3 Å². The van der Waals surface area contributed by atoms with Crippen molar-refractivity contribution < 1.29 is 13.5 Å². The topological polar surface area (TPSA) is 57.6 Å². The molecule has 1 aliphatic heterocycles. The first-order valence-corrected chi connectivity index (χ1v) is 8.89. The van der Waals surface area contributed by atoms with E-state index < -0.39 is 20.9 Å². The number of aliphatic hydroxyl groups is 1. The molecule has 0 aromatic heterocycles. The molecule has 0 radical (unpaired) electrons. The number of β-amino-alcohol motifs (C(OH)–C–C–N with tert-alkyl or cyclic N) is 1. The maximum absolute atomic E-state index is 12.6. The molecule has 1 aliphatic rings. The van der Waals surface area contributed by atoms with E-state index >= 15 is 0 Å². The number of sulfonamides is 1. The van der Waals surface area contributed by atoms with Crippen molar-refractivity contribution in [3.63, 3.8) is 0 Å². The van der Waals surface area contributed by atoms with Crippen molar-refractivity contribution in [1.82, 2.24) is 4.31 Å². The van der Waals surface area contributed by atoms with Crippen molar-refractivity contribution in [3.8, 4) is 0 Å². The van der Waals surface area contributed by atoms with E-state index in [2.05, 4.69) is 0 Å². The number of rotatable bonds is 4. The molecule has 4 nitrogen and oxygen atoms in total. The molecular weight excluding hydrogens is 286 g/mol. The van der Waals surface area contributed by atoms with Gasteiger partial charge in [0.1, 0.15) is 0 Å². The van der Waals surface area contributed by atoms with Crippen molar-refractivity contribution in [2.45, 2.75) is 56.9 Å². The Kier molecular flexibility index (Phi) is 4.76. The Labute approximate surface area is 127 Å². The van der Waals surface area contributed by atoms with E-state index in [0.717, 1.165) is 12.8 Å². The van der Waals surface area contributed by atoms with Gasteiger partial charge in [-0.2, -0.15) is 4.31 Å². The molecule has 5 heteroatoms. The molecule has 2 atom stereocenters. The maximum Gasteiger partial charge on any atom is 0.219 e. The fourth-order valence-corrected chi connectivity index (χ4v) is 4.40. The lowest BCUT2D eigenvalue weighted by atomic mass is 10.0. The number of hydrogen-bond acceptors (Lipinski definition) is 3. The van der Waals surface area contributed by atoms with Gasteiger partial charge in [-0.25, -0.2) is 8.42 Å². The molecule has 1 fully saturated rings. The van der Waals surface area contributed by atoms with E-state index in [1.165, 1.54) is 9.87 Å². The van der Waals surface area contributed by atoms with Gasteiger partial charge in [0.2, 0.25) is 10.0 Å². The monoisotopic (exact) mass is 311 g/mol. The molecule has 1 saturated heterocycles. The van der Waals surface area contributed by atoms with E-state index in [-0.39, 0.29) is 12.6 Å². The lowest BCUT2D eigenvalue weighted by Crippen LogP contribution is -2.45. The minimum absolute atomic E-state index is 0.107. The summed E-state index contributed by atoms with van der Waals surface area (Å²) in [5.41, 5.74) is 1.20. The van der Waals surface area contributed by atoms with Gasteiger partial charge in [0.25, 0.3) is 0 Å². The quantitative estimate of drug-likeness (QED) is 0.927. The summed E-state index contributed by atoms with van der Waals surface area (Å²) in [6.45, 7) is 5.35. The first-order valence-electron chi connectivity index (χ1n) is 7.45. The van der Waals surface area contributed by atoms with E-state index in [1.54, 1.807) is 20.8 Å². The number of nitrogens with zero attached hydrogens (tertiary/aromatic N) is 1. The average molecular weight is 311 g/mol. The lowest BCUT2D eigenvalue weighted by molar-refractivity contribution is 0.188. The van der Waals surface area contributed by atoms with Crippen LogP contribution in [0, 0.1) is 0 Å². The highest BCUT2D eigenvalue weighted by atomic mass is 32.2. The third kappa shape index (κ3) is 3.65. The Balaban J connectivity index is 2.11. The van der Waals surface area contributed by atoms with Gasteiger partial charge in [0, 0.05) is 12.6 Å². The predicted molar refractivity (Wildman–Crippen MR) is 84.6 cm³/mol. The summed E-state index contributed by atoms with van der Waals surface area (Å²) in [5.74, 6) is 0. The van der Waals surface area contributed by atoms with Crippen LogP contribution in [-0.2, 0) is 16.4 Å². The maximum atomic E-state index is 12.6. The highest BCUT2D eigenvalue weighted by molar-refractivity contribution is 7.90. The number of aryl methyl sites for hydroxylation is 1. The second-order valence-corrected chi connectivity index (χ2v) is 9.40. The number of benzene rings is 1. The van der Waals surface area contributed by atoms with Crippen LogP contribution in [0.5, 0.6) is 0 Å². The molecule has 0 amide bonds. The van der Waals surface area contributed by atoms with E-state index in [9.17, 15) is 13.5 Å². The summed E-state index contributed by atoms with van der Waals surface area (Å²) in [4.78, 5) is 0. The zero-order chi connectivity index (χ0) is 15.7. The van der Waals surface area contributed by atoms with Gasteiger partial charge in [-0.05, 0) is 45.6 Å². The Bertz CT molecular complexity index is 563. The van der Waals surface area contributed by atoms with Crippen molar-refractivity contribution in [3.05, 3.63) is 35.9 Å². The molecule has 1 heterocycles. The van der Waals surface area contributed by atoms with Crippen LogP contribution in [0.25, 0.3) is 0 Å². The van der Waals surface area contributed by atoms with E-state index in [4.69, 9.17) is 0 Å². The summed E-state index contributed by atoms with van der Waals surface area (Å²) in [5, 5.41) is 9.89. The van der Waals surface area contributed by atoms with Gasteiger partial charge in [0.05, 0.1) is 10.9 Å². The van der Waals surface area contributed by atoms with Gasteiger partial charge in [-0.3, -0.25) is 0 Å². The molecule has 118 valence electrons. The van der Waals surface area contributed by atoms with Crippen molar-refractivity contribution >= 4 is 10.0 Å².